The van der Waals surface area contributed by atoms with Crippen LogP contribution in [0.5, 0.6) is 0 Å². The number of hydrogen-bond donors (Lipinski definition) is 1. The molecule has 2 heterocycles. The highest BCUT2D eigenvalue weighted by molar-refractivity contribution is 6.08. The van der Waals surface area contributed by atoms with Crippen molar-refractivity contribution in [1.29, 1.82) is 0 Å². The number of nitrogens with zero attached hydrogens (tertiary/aromatic N) is 3. The first-order chi connectivity index (χ1) is 12.7. The van der Waals surface area contributed by atoms with Crippen molar-refractivity contribution in [3.8, 4) is 0 Å². The van der Waals surface area contributed by atoms with Gasteiger partial charge in [-0.3, -0.25) is 4.79 Å². The number of fused-ring (bicyclic) bond motifs is 3. The average Bonchev–Trinajstić information content (AvgIpc) is 3.24. The molecule has 6 heteroatoms. The Balaban J connectivity index is 1.51. The van der Waals surface area contributed by atoms with Crippen molar-refractivity contribution in [1.82, 2.24) is 20.0 Å². The summed E-state index contributed by atoms with van der Waals surface area (Å²) >= 11 is 0. The molecule has 4 rings (SSSR count). The number of aromatic nitrogens is 3. The fourth-order valence-electron chi connectivity index (χ4n) is 3.26. The predicted octanol–water partition coefficient (Wildman–Crippen LogP) is 3.14. The lowest BCUT2D eigenvalue weighted by molar-refractivity contribution is -0.120. The molecule has 0 bridgehead atoms. The lowest BCUT2D eigenvalue weighted by Crippen LogP contribution is -2.25. The van der Waals surface area contributed by atoms with Crippen LogP contribution < -0.4 is 5.32 Å². The van der Waals surface area contributed by atoms with Gasteiger partial charge in [0.25, 0.3) is 0 Å². The first kappa shape index (κ1) is 16.3. The number of hydrogen-bond acceptors (Lipinski definition) is 4. The van der Waals surface area contributed by atoms with Gasteiger partial charge >= 0.3 is 0 Å². The molecule has 0 saturated carbocycles. The normalized spacial score (nSPS) is 11.3. The third-order valence-electron chi connectivity index (χ3n) is 4.60. The van der Waals surface area contributed by atoms with Gasteiger partial charge in [0.15, 0.2) is 5.82 Å². The van der Waals surface area contributed by atoms with Crippen molar-refractivity contribution in [2.24, 2.45) is 7.05 Å². The molecule has 0 aliphatic carbocycles. The van der Waals surface area contributed by atoms with Gasteiger partial charge in [-0.25, -0.2) is 0 Å². The van der Waals surface area contributed by atoms with E-state index in [1.54, 1.807) is 0 Å². The van der Waals surface area contributed by atoms with Crippen LogP contribution in [0.2, 0.25) is 0 Å². The van der Waals surface area contributed by atoms with E-state index >= 15 is 0 Å². The maximum atomic E-state index is 12.3. The van der Waals surface area contributed by atoms with Crippen molar-refractivity contribution in [3.05, 3.63) is 59.7 Å². The summed E-state index contributed by atoms with van der Waals surface area (Å²) < 4.78 is 7.22. The smallest absolute Gasteiger partial charge is 0.226 e. The number of nitrogens with one attached hydrogen (secondary N) is 1. The molecule has 0 saturated heterocycles. The van der Waals surface area contributed by atoms with E-state index in [-0.39, 0.29) is 12.5 Å². The molecule has 0 spiro atoms. The van der Waals surface area contributed by atoms with Gasteiger partial charge in [-0.05, 0) is 23.8 Å². The molecule has 0 unspecified atom stereocenters. The maximum Gasteiger partial charge on any atom is 0.226 e. The Morgan fingerprint density at radius 1 is 1.15 bits per heavy atom. The van der Waals surface area contributed by atoms with Gasteiger partial charge in [0.1, 0.15) is 0 Å². The molecule has 0 aliphatic heterocycles. The molecule has 0 aliphatic rings. The molecular formula is C20H20N4O2. The molecule has 1 amide bonds. The number of amides is 1. The third kappa shape index (κ3) is 2.94. The van der Waals surface area contributed by atoms with E-state index in [0.29, 0.717) is 24.6 Å². The molecule has 0 atom stereocenters. The van der Waals surface area contributed by atoms with E-state index in [1.807, 2.05) is 25.1 Å². The van der Waals surface area contributed by atoms with Crippen molar-refractivity contribution < 1.29 is 9.32 Å². The minimum absolute atomic E-state index is 0.0626. The Labute approximate surface area is 150 Å². The zero-order valence-electron chi connectivity index (χ0n) is 14.8. The van der Waals surface area contributed by atoms with Crippen LogP contribution in [0, 0.1) is 0 Å². The van der Waals surface area contributed by atoms with Gasteiger partial charge in [-0.15, -0.1) is 0 Å². The second kappa shape index (κ2) is 6.63. The molecular weight excluding hydrogens is 328 g/mol. The summed E-state index contributed by atoms with van der Waals surface area (Å²) in [6, 6.07) is 14.5. The average molecular weight is 348 g/mol. The summed E-state index contributed by atoms with van der Waals surface area (Å²) in [6.45, 7) is 2.22. The molecule has 26 heavy (non-hydrogen) atoms. The van der Waals surface area contributed by atoms with Crippen LogP contribution in [0.1, 0.15) is 24.2 Å². The van der Waals surface area contributed by atoms with Crippen LogP contribution in [-0.2, 0) is 31.2 Å². The summed E-state index contributed by atoms with van der Waals surface area (Å²) in [5.41, 5.74) is 3.33. The summed E-state index contributed by atoms with van der Waals surface area (Å²) in [4.78, 5) is 16.5. The quantitative estimate of drug-likeness (QED) is 0.601. The minimum atomic E-state index is -0.0626. The molecule has 1 N–H and O–H groups in total. The molecule has 132 valence electrons. The number of para-hydroxylation sites is 1. The highest BCUT2D eigenvalue weighted by atomic mass is 16.5. The molecule has 0 fully saturated rings. The molecule has 6 nitrogen and oxygen atoms in total. The first-order valence-corrected chi connectivity index (χ1v) is 8.70. The second-order valence-corrected chi connectivity index (χ2v) is 6.34. The van der Waals surface area contributed by atoms with Gasteiger partial charge in [0.2, 0.25) is 11.8 Å². The van der Waals surface area contributed by atoms with E-state index < -0.39 is 0 Å². The van der Waals surface area contributed by atoms with E-state index in [9.17, 15) is 4.79 Å². The topological polar surface area (TPSA) is 73.0 Å². The minimum Gasteiger partial charge on any atom is -0.348 e. The van der Waals surface area contributed by atoms with Gasteiger partial charge in [0, 0.05) is 35.3 Å². The van der Waals surface area contributed by atoms with Crippen molar-refractivity contribution in [2.45, 2.75) is 26.3 Å². The van der Waals surface area contributed by atoms with Crippen LogP contribution in [0.25, 0.3) is 21.8 Å². The summed E-state index contributed by atoms with van der Waals surface area (Å²) in [5, 5.41) is 9.05. The Hall–Kier alpha value is -3.15. The molecule has 4 aromatic rings. The number of carbonyl (C=O) groups is 1. The number of carbonyl (C=O) groups excluding carboxylic acids is 1. The first-order valence-electron chi connectivity index (χ1n) is 8.70. The van der Waals surface area contributed by atoms with Crippen LogP contribution >= 0.6 is 0 Å². The van der Waals surface area contributed by atoms with Crippen LogP contribution in [0.15, 0.2) is 47.0 Å². The van der Waals surface area contributed by atoms with Gasteiger partial charge < -0.3 is 14.4 Å². The number of rotatable bonds is 5. The van der Waals surface area contributed by atoms with E-state index in [0.717, 1.165) is 11.1 Å². The zero-order valence-corrected chi connectivity index (χ0v) is 14.8. The lowest BCUT2D eigenvalue weighted by atomic mass is 10.1. The van der Waals surface area contributed by atoms with Crippen molar-refractivity contribution in [2.75, 3.05) is 0 Å². The Bertz CT molecular complexity index is 1090. The fourth-order valence-corrected chi connectivity index (χ4v) is 3.26. The Morgan fingerprint density at radius 3 is 2.77 bits per heavy atom. The Kier molecular flexibility index (Phi) is 4.16. The van der Waals surface area contributed by atoms with Crippen LogP contribution in [-0.4, -0.2) is 20.6 Å². The summed E-state index contributed by atoms with van der Waals surface area (Å²) in [5.74, 6) is 1.02. The van der Waals surface area contributed by atoms with E-state index in [2.05, 4.69) is 51.3 Å². The predicted molar refractivity (Wildman–Crippen MR) is 99.7 cm³/mol. The maximum absolute atomic E-state index is 12.3. The summed E-state index contributed by atoms with van der Waals surface area (Å²) in [6.07, 6.45) is 1.00. The summed E-state index contributed by atoms with van der Waals surface area (Å²) in [7, 11) is 2.06. The fraction of sp³-hybridized carbons (Fsp3) is 0.250. The number of benzene rings is 2. The van der Waals surface area contributed by atoms with Gasteiger partial charge in [-0.2, -0.15) is 4.98 Å². The Morgan fingerprint density at radius 2 is 1.96 bits per heavy atom. The van der Waals surface area contributed by atoms with Crippen LogP contribution in [0.4, 0.5) is 0 Å². The lowest BCUT2D eigenvalue weighted by Gasteiger charge is -2.04. The largest absolute Gasteiger partial charge is 0.348 e. The SMILES string of the molecule is CCc1nc(CNC(=O)Cc2ccc3c(c2)c2ccccc2n3C)no1. The number of aryl methyl sites for hydroxylation is 2. The van der Waals surface area contributed by atoms with E-state index in [4.69, 9.17) is 4.52 Å². The third-order valence-corrected chi connectivity index (χ3v) is 4.60. The van der Waals surface area contributed by atoms with Gasteiger partial charge in [0.05, 0.1) is 13.0 Å². The monoisotopic (exact) mass is 348 g/mol. The van der Waals surface area contributed by atoms with Crippen molar-refractivity contribution in [3.63, 3.8) is 0 Å². The van der Waals surface area contributed by atoms with Crippen LogP contribution in [0.3, 0.4) is 0 Å². The zero-order chi connectivity index (χ0) is 18.1. The highest BCUT2D eigenvalue weighted by Gasteiger charge is 2.11. The molecule has 2 aromatic carbocycles. The highest BCUT2D eigenvalue weighted by Crippen LogP contribution is 2.28. The van der Waals surface area contributed by atoms with Gasteiger partial charge in [-0.1, -0.05) is 36.3 Å². The molecule has 0 radical (unpaired) electrons. The molecule has 2 aromatic heterocycles. The van der Waals surface area contributed by atoms with E-state index in [1.165, 1.54) is 16.3 Å². The standard InChI is InChI=1S/C20H20N4O2/c1-3-20-22-18(23-26-20)12-21-19(25)11-13-8-9-17-15(10-13)14-6-4-5-7-16(14)24(17)2/h4-10H,3,11-12H2,1-2H3,(H,21,25). The second-order valence-electron chi connectivity index (χ2n) is 6.34. The van der Waals surface area contributed by atoms with Crippen molar-refractivity contribution >= 4 is 27.7 Å².